The van der Waals surface area contributed by atoms with Crippen LogP contribution in [0.1, 0.15) is 30.1 Å². The fourth-order valence-corrected chi connectivity index (χ4v) is 1.70. The quantitative estimate of drug-likeness (QED) is 0.861. The highest BCUT2D eigenvalue weighted by molar-refractivity contribution is 14.1. The van der Waals surface area contributed by atoms with Crippen molar-refractivity contribution in [3.05, 3.63) is 27.3 Å². The van der Waals surface area contributed by atoms with E-state index in [1.54, 1.807) is 24.1 Å². The molecule has 0 aliphatic rings. The average molecular weight is 333 g/mol. The normalized spacial score (nSPS) is 10.2. The van der Waals surface area contributed by atoms with E-state index < -0.39 is 0 Å². The Morgan fingerprint density at radius 1 is 1.50 bits per heavy atom. The van der Waals surface area contributed by atoms with Crippen LogP contribution in [0, 0.1) is 3.57 Å². The highest BCUT2D eigenvalue weighted by atomic mass is 127. The number of halogens is 1. The number of unbranched alkanes of at least 4 members (excludes halogenated alkanes) is 1. The molecule has 1 N–H and O–H groups in total. The second-order valence-corrected chi connectivity index (χ2v) is 4.91. The largest absolute Gasteiger partial charge is 0.507 e. The zero-order chi connectivity index (χ0) is 12.1. The van der Waals surface area contributed by atoms with Crippen molar-refractivity contribution in [2.75, 3.05) is 13.6 Å². The SMILES string of the molecule is CCCCN(C)C(=O)c1ccc(I)c(O)c1. The van der Waals surface area contributed by atoms with Crippen LogP contribution in [-0.4, -0.2) is 29.5 Å². The molecule has 0 fully saturated rings. The van der Waals surface area contributed by atoms with E-state index in [0.717, 1.165) is 23.0 Å². The molecule has 4 heteroatoms. The van der Waals surface area contributed by atoms with Crippen LogP contribution in [-0.2, 0) is 0 Å². The van der Waals surface area contributed by atoms with Gasteiger partial charge in [0.1, 0.15) is 5.75 Å². The van der Waals surface area contributed by atoms with Crippen LogP contribution in [0.5, 0.6) is 5.75 Å². The topological polar surface area (TPSA) is 40.5 Å². The molecule has 0 atom stereocenters. The average Bonchev–Trinajstić information content (AvgIpc) is 2.28. The molecule has 0 bridgehead atoms. The van der Waals surface area contributed by atoms with E-state index in [4.69, 9.17) is 0 Å². The van der Waals surface area contributed by atoms with Gasteiger partial charge in [-0.05, 0) is 47.2 Å². The summed E-state index contributed by atoms with van der Waals surface area (Å²) < 4.78 is 0.755. The number of phenolic OH excluding ortho intramolecular Hbond substituents is 1. The van der Waals surface area contributed by atoms with Crippen molar-refractivity contribution in [3.8, 4) is 5.75 Å². The first kappa shape index (κ1) is 13.3. The Hall–Kier alpha value is -0.780. The third-order valence-corrected chi connectivity index (χ3v) is 3.30. The molecule has 1 aromatic rings. The minimum atomic E-state index is -0.0415. The maximum atomic E-state index is 11.9. The van der Waals surface area contributed by atoms with E-state index in [9.17, 15) is 9.90 Å². The predicted octanol–water partition coefficient (Wildman–Crippen LogP) is 2.87. The van der Waals surface area contributed by atoms with E-state index >= 15 is 0 Å². The first-order chi connectivity index (χ1) is 7.56. The summed E-state index contributed by atoms with van der Waals surface area (Å²) in [5.74, 6) is 0.121. The van der Waals surface area contributed by atoms with Crippen molar-refractivity contribution < 1.29 is 9.90 Å². The van der Waals surface area contributed by atoms with Gasteiger partial charge in [0.25, 0.3) is 5.91 Å². The van der Waals surface area contributed by atoms with Gasteiger partial charge in [0.05, 0.1) is 3.57 Å². The fraction of sp³-hybridized carbons (Fsp3) is 0.417. The second kappa shape index (κ2) is 6.08. The molecule has 0 spiro atoms. The number of rotatable bonds is 4. The molecule has 0 aromatic heterocycles. The molecule has 0 radical (unpaired) electrons. The van der Waals surface area contributed by atoms with Crippen molar-refractivity contribution >= 4 is 28.5 Å². The van der Waals surface area contributed by atoms with E-state index in [1.165, 1.54) is 6.07 Å². The molecule has 3 nitrogen and oxygen atoms in total. The van der Waals surface area contributed by atoms with Crippen LogP contribution >= 0.6 is 22.6 Å². The van der Waals surface area contributed by atoms with E-state index in [1.807, 2.05) is 22.6 Å². The molecule has 1 amide bonds. The summed E-state index contributed by atoms with van der Waals surface area (Å²) in [5.41, 5.74) is 0.538. The Kier molecular flexibility index (Phi) is 5.05. The first-order valence-electron chi connectivity index (χ1n) is 5.30. The van der Waals surface area contributed by atoms with Crippen molar-refractivity contribution in [1.82, 2.24) is 4.90 Å². The Labute approximate surface area is 110 Å². The molecule has 88 valence electrons. The van der Waals surface area contributed by atoms with Gasteiger partial charge in [0, 0.05) is 19.2 Å². The van der Waals surface area contributed by atoms with Crippen molar-refractivity contribution in [3.63, 3.8) is 0 Å². The summed E-state index contributed by atoms with van der Waals surface area (Å²) in [6.45, 7) is 2.84. The molecule has 16 heavy (non-hydrogen) atoms. The van der Waals surface area contributed by atoms with Crippen molar-refractivity contribution in [2.24, 2.45) is 0 Å². The number of hydrogen-bond donors (Lipinski definition) is 1. The van der Waals surface area contributed by atoms with Crippen LogP contribution < -0.4 is 0 Å². The number of hydrogen-bond acceptors (Lipinski definition) is 2. The highest BCUT2D eigenvalue weighted by Crippen LogP contribution is 2.21. The third kappa shape index (κ3) is 3.37. The lowest BCUT2D eigenvalue weighted by Gasteiger charge is -2.16. The number of nitrogens with zero attached hydrogens (tertiary/aromatic N) is 1. The van der Waals surface area contributed by atoms with E-state index in [-0.39, 0.29) is 11.7 Å². The van der Waals surface area contributed by atoms with Gasteiger partial charge in [0.15, 0.2) is 0 Å². The van der Waals surface area contributed by atoms with Crippen LogP contribution in [0.3, 0.4) is 0 Å². The summed E-state index contributed by atoms with van der Waals surface area (Å²) in [6.07, 6.45) is 2.06. The fourth-order valence-electron chi connectivity index (χ4n) is 1.36. The Morgan fingerprint density at radius 2 is 2.19 bits per heavy atom. The summed E-state index contributed by atoms with van der Waals surface area (Å²) >= 11 is 2.03. The molecule has 0 heterocycles. The summed E-state index contributed by atoms with van der Waals surface area (Å²) in [5, 5.41) is 9.53. The number of aromatic hydroxyl groups is 1. The molecule has 0 saturated heterocycles. The maximum absolute atomic E-state index is 11.9. The number of benzene rings is 1. The lowest BCUT2D eigenvalue weighted by molar-refractivity contribution is 0.0793. The number of carbonyl (C=O) groups excluding carboxylic acids is 1. The highest BCUT2D eigenvalue weighted by Gasteiger charge is 2.12. The van der Waals surface area contributed by atoms with Crippen LogP contribution in [0.25, 0.3) is 0 Å². The lowest BCUT2D eigenvalue weighted by Crippen LogP contribution is -2.27. The van der Waals surface area contributed by atoms with Crippen LogP contribution in [0.2, 0.25) is 0 Å². The lowest BCUT2D eigenvalue weighted by atomic mass is 10.2. The van der Waals surface area contributed by atoms with Gasteiger partial charge in [0.2, 0.25) is 0 Å². The molecule has 1 rings (SSSR count). The molecule has 1 aromatic carbocycles. The summed E-state index contributed by atoms with van der Waals surface area (Å²) in [4.78, 5) is 13.6. The summed E-state index contributed by atoms with van der Waals surface area (Å²) in [7, 11) is 1.78. The maximum Gasteiger partial charge on any atom is 0.253 e. The Balaban J connectivity index is 2.76. The zero-order valence-electron chi connectivity index (χ0n) is 9.53. The summed E-state index contributed by atoms with van der Waals surface area (Å²) in [6, 6.07) is 5.01. The molecule has 0 unspecified atom stereocenters. The molecular weight excluding hydrogens is 317 g/mol. The van der Waals surface area contributed by atoms with Gasteiger partial charge >= 0.3 is 0 Å². The van der Waals surface area contributed by atoms with Gasteiger partial charge in [-0.1, -0.05) is 13.3 Å². The van der Waals surface area contributed by atoms with Gasteiger partial charge in [-0.3, -0.25) is 4.79 Å². The molecule has 0 aliphatic heterocycles. The minimum Gasteiger partial charge on any atom is -0.507 e. The van der Waals surface area contributed by atoms with Gasteiger partial charge in [-0.25, -0.2) is 0 Å². The number of phenols is 1. The van der Waals surface area contributed by atoms with Crippen LogP contribution in [0.4, 0.5) is 0 Å². The minimum absolute atomic E-state index is 0.0415. The van der Waals surface area contributed by atoms with Crippen molar-refractivity contribution in [2.45, 2.75) is 19.8 Å². The predicted molar refractivity (Wildman–Crippen MR) is 72.7 cm³/mol. The Bertz CT molecular complexity index is 379. The zero-order valence-corrected chi connectivity index (χ0v) is 11.7. The van der Waals surface area contributed by atoms with Crippen LogP contribution in [0.15, 0.2) is 18.2 Å². The third-order valence-electron chi connectivity index (χ3n) is 2.39. The van der Waals surface area contributed by atoms with E-state index in [0.29, 0.717) is 5.56 Å². The smallest absolute Gasteiger partial charge is 0.253 e. The van der Waals surface area contributed by atoms with Gasteiger partial charge in [-0.15, -0.1) is 0 Å². The molecular formula is C12H16INO2. The second-order valence-electron chi connectivity index (χ2n) is 3.75. The Morgan fingerprint density at radius 3 is 2.75 bits per heavy atom. The standard InChI is InChI=1S/C12H16INO2/c1-3-4-7-14(2)12(16)9-5-6-10(13)11(15)8-9/h5-6,8,15H,3-4,7H2,1-2H3. The monoisotopic (exact) mass is 333 g/mol. The number of amides is 1. The van der Waals surface area contributed by atoms with Gasteiger partial charge < -0.3 is 10.0 Å². The van der Waals surface area contributed by atoms with Crippen molar-refractivity contribution in [1.29, 1.82) is 0 Å². The van der Waals surface area contributed by atoms with E-state index in [2.05, 4.69) is 6.92 Å². The molecule has 0 saturated carbocycles. The van der Waals surface area contributed by atoms with Gasteiger partial charge in [-0.2, -0.15) is 0 Å². The number of carbonyl (C=O) groups is 1. The molecule has 0 aliphatic carbocycles. The first-order valence-corrected chi connectivity index (χ1v) is 6.38.